The Kier molecular flexibility index (Phi) is 4.38. The molecule has 0 spiro atoms. The van der Waals surface area contributed by atoms with Gasteiger partial charge in [-0.15, -0.1) is 0 Å². The molecule has 116 valence electrons. The van der Waals surface area contributed by atoms with Crippen molar-refractivity contribution in [2.75, 3.05) is 10.6 Å². The zero-order valence-corrected chi connectivity index (χ0v) is 12.7. The van der Waals surface area contributed by atoms with Gasteiger partial charge in [0.15, 0.2) is 0 Å². The number of hydrogen-bond donors (Lipinski definition) is 2. The molecule has 1 amide bonds. The Balaban J connectivity index is 1.66. The van der Waals surface area contributed by atoms with E-state index in [9.17, 15) is 4.79 Å². The van der Waals surface area contributed by atoms with Gasteiger partial charge < -0.3 is 15.1 Å². The monoisotopic (exact) mass is 307 g/mol. The van der Waals surface area contributed by atoms with Gasteiger partial charge in [-0.2, -0.15) is 0 Å². The number of anilines is 2. The van der Waals surface area contributed by atoms with Gasteiger partial charge in [-0.05, 0) is 37.3 Å². The van der Waals surface area contributed by atoms with Crippen LogP contribution in [0.15, 0.2) is 65.5 Å². The van der Waals surface area contributed by atoms with Gasteiger partial charge in [-0.1, -0.05) is 17.7 Å². The SMILES string of the molecule is Cc1ccc(NC(=O)c2cncc(NCc3ccco3)c2)cc1. The van der Waals surface area contributed by atoms with Crippen LogP contribution < -0.4 is 10.6 Å². The van der Waals surface area contributed by atoms with E-state index in [1.165, 1.54) is 0 Å². The van der Waals surface area contributed by atoms with Crippen molar-refractivity contribution in [3.63, 3.8) is 0 Å². The Bertz CT molecular complexity index is 780. The smallest absolute Gasteiger partial charge is 0.257 e. The second-order valence-corrected chi connectivity index (χ2v) is 5.22. The Morgan fingerprint density at radius 3 is 2.70 bits per heavy atom. The number of rotatable bonds is 5. The highest BCUT2D eigenvalue weighted by atomic mass is 16.3. The molecule has 1 aromatic carbocycles. The third-order valence-corrected chi connectivity index (χ3v) is 3.36. The molecular weight excluding hydrogens is 290 g/mol. The number of furan rings is 1. The molecule has 0 fully saturated rings. The fourth-order valence-electron chi connectivity index (χ4n) is 2.10. The van der Waals surface area contributed by atoms with Crippen molar-refractivity contribution in [3.05, 3.63) is 78.0 Å². The lowest BCUT2D eigenvalue weighted by molar-refractivity contribution is 0.102. The second-order valence-electron chi connectivity index (χ2n) is 5.22. The summed E-state index contributed by atoms with van der Waals surface area (Å²) in [6.07, 6.45) is 4.84. The van der Waals surface area contributed by atoms with Crippen molar-refractivity contribution in [1.82, 2.24) is 4.98 Å². The minimum atomic E-state index is -0.192. The first kappa shape index (κ1) is 14.8. The molecule has 23 heavy (non-hydrogen) atoms. The van der Waals surface area contributed by atoms with Crippen molar-refractivity contribution in [2.45, 2.75) is 13.5 Å². The molecule has 0 aliphatic carbocycles. The van der Waals surface area contributed by atoms with E-state index >= 15 is 0 Å². The predicted molar refractivity (Wildman–Crippen MR) is 89.4 cm³/mol. The molecule has 3 aromatic rings. The number of pyridine rings is 1. The summed E-state index contributed by atoms with van der Waals surface area (Å²) >= 11 is 0. The average molecular weight is 307 g/mol. The van der Waals surface area contributed by atoms with Crippen LogP contribution in [0.25, 0.3) is 0 Å². The standard InChI is InChI=1S/C18H17N3O2/c1-13-4-6-15(7-5-13)21-18(22)14-9-16(11-19-10-14)20-12-17-3-2-8-23-17/h2-11,20H,12H2,1H3,(H,21,22). The van der Waals surface area contributed by atoms with E-state index in [1.807, 2.05) is 43.3 Å². The van der Waals surface area contributed by atoms with Crippen LogP contribution in [0.2, 0.25) is 0 Å². The summed E-state index contributed by atoms with van der Waals surface area (Å²) in [5.74, 6) is 0.627. The first-order valence-electron chi connectivity index (χ1n) is 7.30. The molecule has 2 N–H and O–H groups in total. The van der Waals surface area contributed by atoms with E-state index in [0.29, 0.717) is 12.1 Å². The summed E-state index contributed by atoms with van der Waals surface area (Å²) in [6, 6.07) is 13.1. The molecule has 5 heteroatoms. The number of nitrogens with zero attached hydrogens (tertiary/aromatic N) is 1. The van der Waals surface area contributed by atoms with Crippen LogP contribution in [-0.4, -0.2) is 10.9 Å². The molecule has 5 nitrogen and oxygen atoms in total. The fourth-order valence-corrected chi connectivity index (χ4v) is 2.10. The number of carbonyl (C=O) groups excluding carboxylic acids is 1. The van der Waals surface area contributed by atoms with E-state index in [0.717, 1.165) is 22.7 Å². The number of benzene rings is 1. The topological polar surface area (TPSA) is 67.2 Å². The molecule has 2 heterocycles. The molecule has 0 saturated carbocycles. The molecule has 0 aliphatic rings. The highest BCUT2D eigenvalue weighted by Gasteiger charge is 2.08. The maximum atomic E-state index is 12.3. The van der Waals surface area contributed by atoms with Gasteiger partial charge >= 0.3 is 0 Å². The van der Waals surface area contributed by atoms with Gasteiger partial charge in [-0.3, -0.25) is 9.78 Å². The molecule has 0 saturated heterocycles. The zero-order valence-electron chi connectivity index (χ0n) is 12.7. The highest BCUT2D eigenvalue weighted by molar-refractivity contribution is 6.04. The summed E-state index contributed by atoms with van der Waals surface area (Å²) in [5.41, 5.74) is 3.16. The molecule has 0 aliphatic heterocycles. The number of amides is 1. The quantitative estimate of drug-likeness (QED) is 0.751. The average Bonchev–Trinajstić information content (AvgIpc) is 3.09. The molecule has 0 bridgehead atoms. The Morgan fingerprint density at radius 2 is 1.96 bits per heavy atom. The molecule has 2 aromatic heterocycles. The summed E-state index contributed by atoms with van der Waals surface area (Å²) in [4.78, 5) is 16.4. The first-order valence-corrected chi connectivity index (χ1v) is 7.30. The third kappa shape index (κ3) is 3.97. The van der Waals surface area contributed by atoms with Crippen LogP contribution in [0.5, 0.6) is 0 Å². The normalized spacial score (nSPS) is 10.3. The maximum absolute atomic E-state index is 12.3. The van der Waals surface area contributed by atoms with Gasteiger partial charge in [-0.25, -0.2) is 0 Å². The number of aryl methyl sites for hydroxylation is 1. The Hall–Kier alpha value is -3.08. The van der Waals surface area contributed by atoms with Crippen LogP contribution in [0.1, 0.15) is 21.7 Å². The summed E-state index contributed by atoms with van der Waals surface area (Å²) in [6.45, 7) is 2.54. The van der Waals surface area contributed by atoms with Crippen LogP contribution in [0.4, 0.5) is 11.4 Å². The lowest BCUT2D eigenvalue weighted by Gasteiger charge is -2.08. The molecule has 0 radical (unpaired) electrons. The number of nitrogens with one attached hydrogen (secondary N) is 2. The minimum Gasteiger partial charge on any atom is -0.467 e. The lowest BCUT2D eigenvalue weighted by Crippen LogP contribution is -2.12. The molecular formula is C18H17N3O2. The van der Waals surface area contributed by atoms with E-state index in [4.69, 9.17) is 4.42 Å². The van der Waals surface area contributed by atoms with Gasteiger partial charge in [0.05, 0.1) is 24.1 Å². The predicted octanol–water partition coefficient (Wildman–Crippen LogP) is 3.85. The minimum absolute atomic E-state index is 0.192. The largest absolute Gasteiger partial charge is 0.467 e. The molecule has 0 atom stereocenters. The summed E-state index contributed by atoms with van der Waals surface area (Å²) in [7, 11) is 0. The Morgan fingerprint density at radius 1 is 1.13 bits per heavy atom. The van der Waals surface area contributed by atoms with Crippen molar-refractivity contribution >= 4 is 17.3 Å². The second kappa shape index (κ2) is 6.79. The summed E-state index contributed by atoms with van der Waals surface area (Å²) in [5, 5.41) is 6.03. The number of aromatic nitrogens is 1. The maximum Gasteiger partial charge on any atom is 0.257 e. The van der Waals surface area contributed by atoms with E-state index in [-0.39, 0.29) is 5.91 Å². The lowest BCUT2D eigenvalue weighted by atomic mass is 10.2. The van der Waals surface area contributed by atoms with Gasteiger partial charge in [0.2, 0.25) is 0 Å². The Labute approximate surface area is 134 Å². The van der Waals surface area contributed by atoms with Gasteiger partial charge in [0, 0.05) is 18.1 Å². The van der Waals surface area contributed by atoms with E-state index < -0.39 is 0 Å². The van der Waals surface area contributed by atoms with Crippen molar-refractivity contribution in [1.29, 1.82) is 0 Å². The number of carbonyl (C=O) groups is 1. The number of hydrogen-bond acceptors (Lipinski definition) is 4. The van der Waals surface area contributed by atoms with Gasteiger partial charge in [0.1, 0.15) is 5.76 Å². The van der Waals surface area contributed by atoms with Crippen molar-refractivity contribution in [3.8, 4) is 0 Å². The fraction of sp³-hybridized carbons (Fsp3) is 0.111. The van der Waals surface area contributed by atoms with Crippen molar-refractivity contribution < 1.29 is 9.21 Å². The third-order valence-electron chi connectivity index (χ3n) is 3.36. The highest BCUT2D eigenvalue weighted by Crippen LogP contribution is 2.14. The summed E-state index contributed by atoms with van der Waals surface area (Å²) < 4.78 is 5.26. The molecule has 3 rings (SSSR count). The van der Waals surface area contributed by atoms with Crippen LogP contribution in [0.3, 0.4) is 0 Å². The van der Waals surface area contributed by atoms with E-state index in [2.05, 4.69) is 15.6 Å². The molecule has 0 unspecified atom stereocenters. The van der Waals surface area contributed by atoms with Crippen LogP contribution in [-0.2, 0) is 6.54 Å². The zero-order chi connectivity index (χ0) is 16.1. The van der Waals surface area contributed by atoms with E-state index in [1.54, 1.807) is 24.7 Å². The van der Waals surface area contributed by atoms with Gasteiger partial charge in [0.25, 0.3) is 5.91 Å². The van der Waals surface area contributed by atoms with Crippen LogP contribution >= 0.6 is 0 Å². The first-order chi connectivity index (χ1) is 11.2. The van der Waals surface area contributed by atoms with Crippen molar-refractivity contribution in [2.24, 2.45) is 0 Å². The van der Waals surface area contributed by atoms with Crippen LogP contribution in [0, 0.1) is 6.92 Å².